The van der Waals surface area contributed by atoms with Gasteiger partial charge in [0.25, 0.3) is 6.02 Å². The van der Waals surface area contributed by atoms with Gasteiger partial charge in [-0.2, -0.15) is 4.99 Å². The highest BCUT2D eigenvalue weighted by Crippen LogP contribution is 2.03. The first-order valence-corrected chi connectivity index (χ1v) is 7.12. The van der Waals surface area contributed by atoms with Crippen LogP contribution in [0.4, 0.5) is 4.39 Å². The lowest BCUT2D eigenvalue weighted by Crippen LogP contribution is -2.20. The summed E-state index contributed by atoms with van der Waals surface area (Å²) < 4.78 is 17.9. The molecule has 0 radical (unpaired) electrons. The number of aliphatic imine (C=N–C) groups is 1. The van der Waals surface area contributed by atoms with Crippen molar-refractivity contribution in [1.82, 2.24) is 5.32 Å². The average molecular weight is 315 g/mol. The van der Waals surface area contributed by atoms with Crippen molar-refractivity contribution < 1.29 is 9.13 Å². The van der Waals surface area contributed by atoms with E-state index < -0.39 is 5.83 Å². The normalized spacial score (nSPS) is 12.3. The van der Waals surface area contributed by atoms with Crippen molar-refractivity contribution >= 4 is 6.02 Å². The van der Waals surface area contributed by atoms with Gasteiger partial charge in [0.2, 0.25) is 0 Å². The van der Waals surface area contributed by atoms with Crippen LogP contribution in [-0.4, -0.2) is 12.6 Å². The zero-order chi connectivity index (χ0) is 17.1. The monoisotopic (exact) mass is 315 g/mol. The number of nitrogens with one attached hydrogen (secondary N) is 1. The number of benzene rings is 1. The van der Waals surface area contributed by atoms with Gasteiger partial charge >= 0.3 is 0 Å². The van der Waals surface area contributed by atoms with Crippen molar-refractivity contribution in [2.24, 2.45) is 10.7 Å². The summed E-state index contributed by atoms with van der Waals surface area (Å²) in [5.41, 5.74) is 7.56. The summed E-state index contributed by atoms with van der Waals surface area (Å²) in [4.78, 5) is 4.02. The Balaban J connectivity index is 2.43. The topological polar surface area (TPSA) is 59.6 Å². The summed E-state index contributed by atoms with van der Waals surface area (Å²) in [6, 6.07) is 9.67. The van der Waals surface area contributed by atoms with E-state index in [9.17, 15) is 4.39 Å². The highest BCUT2D eigenvalue weighted by atomic mass is 19.1. The first-order valence-electron chi connectivity index (χ1n) is 7.12. The van der Waals surface area contributed by atoms with E-state index >= 15 is 0 Å². The van der Waals surface area contributed by atoms with Crippen LogP contribution < -0.4 is 11.1 Å². The molecule has 23 heavy (non-hydrogen) atoms. The lowest BCUT2D eigenvalue weighted by Gasteiger charge is -2.08. The van der Waals surface area contributed by atoms with Crippen LogP contribution in [0.3, 0.4) is 0 Å². The van der Waals surface area contributed by atoms with E-state index in [1.54, 1.807) is 6.08 Å². The smallest absolute Gasteiger partial charge is 0.288 e. The number of hydrogen-bond acceptors (Lipinski definition) is 3. The van der Waals surface area contributed by atoms with Crippen LogP contribution in [0.1, 0.15) is 12.5 Å². The van der Waals surface area contributed by atoms with Crippen molar-refractivity contribution in [1.29, 1.82) is 0 Å². The Labute approximate surface area is 136 Å². The second-order valence-corrected chi connectivity index (χ2v) is 4.67. The molecule has 0 spiro atoms. The standard InChI is InChI=1S/C18H22FN3O/c1-4-16(11-10-14(2)19)12-21-15(3)22-18(20)23-13-17-8-6-5-7-9-17/h4-11,21H,2-3,12-13H2,1H3,(H2,20,22)/b11-10-,16-4+. The minimum atomic E-state index is -0.500. The third-order valence-electron chi connectivity index (χ3n) is 2.82. The number of halogens is 1. The van der Waals surface area contributed by atoms with Gasteiger partial charge in [0.1, 0.15) is 18.3 Å². The fourth-order valence-corrected chi connectivity index (χ4v) is 1.60. The predicted octanol–water partition coefficient (Wildman–Crippen LogP) is 3.56. The van der Waals surface area contributed by atoms with Crippen molar-refractivity contribution in [3.8, 4) is 0 Å². The van der Waals surface area contributed by atoms with Gasteiger partial charge in [0.05, 0.1) is 0 Å². The molecule has 0 atom stereocenters. The molecular formula is C18H22FN3O. The fourth-order valence-electron chi connectivity index (χ4n) is 1.60. The average Bonchev–Trinajstić information content (AvgIpc) is 2.54. The second-order valence-electron chi connectivity index (χ2n) is 4.67. The maximum atomic E-state index is 12.6. The SMILES string of the molecule is C=C(F)/C=C\C(=C/C)CNC(=C)/N=C(\N)OCc1ccccc1. The highest BCUT2D eigenvalue weighted by molar-refractivity contribution is 5.72. The van der Waals surface area contributed by atoms with E-state index in [0.29, 0.717) is 19.0 Å². The van der Waals surface area contributed by atoms with E-state index in [2.05, 4.69) is 23.5 Å². The molecule has 1 rings (SSSR count). The molecule has 5 heteroatoms. The Morgan fingerprint density at radius 2 is 2.00 bits per heavy atom. The van der Waals surface area contributed by atoms with Crippen LogP contribution in [0.25, 0.3) is 0 Å². The molecule has 4 nitrogen and oxygen atoms in total. The number of nitrogens with two attached hydrogens (primary N) is 1. The highest BCUT2D eigenvalue weighted by Gasteiger charge is 1.98. The lowest BCUT2D eigenvalue weighted by molar-refractivity contribution is 0.287. The van der Waals surface area contributed by atoms with Crippen LogP contribution in [0.2, 0.25) is 0 Å². The molecule has 0 saturated heterocycles. The number of nitrogens with zero attached hydrogens (tertiary/aromatic N) is 1. The fraction of sp³-hybridized carbons (Fsp3) is 0.167. The Morgan fingerprint density at radius 1 is 1.30 bits per heavy atom. The Hall–Kier alpha value is -2.82. The Kier molecular flexibility index (Phi) is 7.92. The predicted molar refractivity (Wildman–Crippen MR) is 93.1 cm³/mol. The van der Waals surface area contributed by atoms with E-state index in [1.807, 2.05) is 43.3 Å². The maximum absolute atomic E-state index is 12.6. The largest absolute Gasteiger partial charge is 0.460 e. The molecule has 1 aromatic rings. The number of allylic oxidation sites excluding steroid dienone is 3. The Bertz CT molecular complexity index is 618. The molecule has 0 bridgehead atoms. The van der Waals surface area contributed by atoms with Gasteiger partial charge in [-0.25, -0.2) is 4.39 Å². The van der Waals surface area contributed by atoms with Crippen molar-refractivity contribution in [2.45, 2.75) is 13.5 Å². The molecule has 0 saturated carbocycles. The van der Waals surface area contributed by atoms with Gasteiger partial charge in [-0.1, -0.05) is 55.6 Å². The first-order chi connectivity index (χ1) is 11.0. The molecule has 0 aliphatic carbocycles. The Morgan fingerprint density at radius 3 is 2.61 bits per heavy atom. The molecule has 0 fully saturated rings. The quantitative estimate of drug-likeness (QED) is 0.438. The van der Waals surface area contributed by atoms with Crippen LogP contribution in [-0.2, 0) is 11.3 Å². The van der Waals surface area contributed by atoms with Gasteiger partial charge in [0.15, 0.2) is 0 Å². The molecule has 3 N–H and O–H groups in total. The van der Waals surface area contributed by atoms with Crippen molar-refractivity contribution in [3.63, 3.8) is 0 Å². The first kappa shape index (κ1) is 18.2. The molecule has 1 aromatic carbocycles. The zero-order valence-corrected chi connectivity index (χ0v) is 13.3. The van der Waals surface area contributed by atoms with Crippen LogP contribution >= 0.6 is 0 Å². The lowest BCUT2D eigenvalue weighted by atomic mass is 10.2. The molecule has 0 amide bonds. The van der Waals surface area contributed by atoms with Crippen molar-refractivity contribution in [2.75, 3.05) is 6.54 Å². The molecule has 0 aromatic heterocycles. The third-order valence-corrected chi connectivity index (χ3v) is 2.82. The summed E-state index contributed by atoms with van der Waals surface area (Å²) in [5.74, 6) is -0.137. The van der Waals surface area contributed by atoms with Crippen LogP contribution in [0, 0.1) is 0 Å². The molecular weight excluding hydrogens is 293 g/mol. The summed E-state index contributed by atoms with van der Waals surface area (Å²) in [6.07, 6.45) is 4.76. The van der Waals surface area contributed by atoms with Crippen LogP contribution in [0.5, 0.6) is 0 Å². The maximum Gasteiger partial charge on any atom is 0.288 e. The van der Waals surface area contributed by atoms with Gasteiger partial charge in [-0.05, 0) is 24.1 Å². The minimum absolute atomic E-state index is 0.0288. The molecule has 0 heterocycles. The van der Waals surface area contributed by atoms with E-state index in [1.165, 1.54) is 6.08 Å². The van der Waals surface area contributed by atoms with E-state index in [-0.39, 0.29) is 6.02 Å². The number of amidine groups is 1. The van der Waals surface area contributed by atoms with E-state index in [4.69, 9.17) is 10.5 Å². The summed E-state index contributed by atoms with van der Waals surface area (Å²) in [6.45, 7) is 9.55. The summed E-state index contributed by atoms with van der Waals surface area (Å²) in [5, 5.41) is 2.97. The zero-order valence-electron chi connectivity index (χ0n) is 13.3. The molecule has 0 aliphatic heterocycles. The van der Waals surface area contributed by atoms with Gasteiger partial charge in [-0.15, -0.1) is 0 Å². The van der Waals surface area contributed by atoms with Gasteiger partial charge in [0, 0.05) is 6.54 Å². The van der Waals surface area contributed by atoms with Gasteiger partial charge in [-0.3, -0.25) is 0 Å². The van der Waals surface area contributed by atoms with Crippen molar-refractivity contribution in [3.05, 3.63) is 84.5 Å². The minimum Gasteiger partial charge on any atom is -0.460 e. The second kappa shape index (κ2) is 10.00. The number of hydrogen-bond donors (Lipinski definition) is 2. The number of rotatable bonds is 8. The number of ether oxygens (including phenoxy) is 1. The summed E-state index contributed by atoms with van der Waals surface area (Å²) in [7, 11) is 0. The van der Waals surface area contributed by atoms with E-state index in [0.717, 1.165) is 11.1 Å². The third kappa shape index (κ3) is 8.26. The molecule has 0 aliphatic rings. The molecule has 122 valence electrons. The molecule has 0 unspecified atom stereocenters. The summed E-state index contributed by atoms with van der Waals surface area (Å²) >= 11 is 0. The van der Waals surface area contributed by atoms with Gasteiger partial charge < -0.3 is 15.8 Å². The van der Waals surface area contributed by atoms with Crippen LogP contribution in [0.15, 0.2) is 83.9 Å².